The van der Waals surface area contributed by atoms with E-state index in [9.17, 15) is 5.02 Å². The minimum Gasteiger partial charge on any atom is -0.493 e. The largest absolute Gasteiger partial charge is 0.493 e. The second kappa shape index (κ2) is 6.18. The molecule has 1 N–H and O–H groups in total. The summed E-state index contributed by atoms with van der Waals surface area (Å²) in [6.07, 6.45) is 2.13. The van der Waals surface area contributed by atoms with Crippen LogP contribution in [0.15, 0.2) is 22.7 Å². The van der Waals surface area contributed by atoms with Crippen LogP contribution in [0, 0.1) is 0 Å². The van der Waals surface area contributed by atoms with Crippen molar-refractivity contribution in [3.63, 3.8) is 0 Å². The van der Waals surface area contributed by atoms with Gasteiger partial charge in [-0.15, -0.1) is 0 Å². The normalized spacial score (nSPS) is 10.1. The van der Waals surface area contributed by atoms with Crippen LogP contribution in [0.2, 0.25) is 6.82 Å². The monoisotopic (exact) mass is 270 g/mol. The second-order valence-electron chi connectivity index (χ2n) is 3.54. The number of para-hydroxylation sites is 1. The molecule has 0 saturated heterocycles. The Morgan fingerprint density at radius 2 is 2.20 bits per heavy atom. The zero-order valence-electron chi connectivity index (χ0n) is 9.16. The van der Waals surface area contributed by atoms with Gasteiger partial charge in [-0.05, 0) is 33.9 Å². The number of hydrogen-bond donors (Lipinski definition) is 1. The molecule has 1 rings (SSSR count). The first-order valence-electron chi connectivity index (χ1n) is 5.26. The second-order valence-corrected chi connectivity index (χ2v) is 4.39. The van der Waals surface area contributed by atoms with Crippen LogP contribution >= 0.6 is 15.9 Å². The average molecular weight is 271 g/mol. The molecule has 1 aromatic rings. The van der Waals surface area contributed by atoms with E-state index in [1.807, 2.05) is 18.2 Å². The maximum absolute atomic E-state index is 9.58. The van der Waals surface area contributed by atoms with Gasteiger partial charge in [-0.2, -0.15) is 0 Å². The number of hydrogen-bond acceptors (Lipinski definition) is 2. The van der Waals surface area contributed by atoms with Gasteiger partial charge in [0, 0.05) is 0 Å². The van der Waals surface area contributed by atoms with E-state index >= 15 is 0 Å². The minimum atomic E-state index is -0.501. The zero-order valence-corrected chi connectivity index (χ0v) is 10.8. The molecule has 0 amide bonds. The van der Waals surface area contributed by atoms with Crippen LogP contribution in [-0.4, -0.2) is 18.5 Å². The van der Waals surface area contributed by atoms with Gasteiger partial charge in [-0.3, -0.25) is 0 Å². The minimum absolute atomic E-state index is 0.501. The summed E-state index contributed by atoms with van der Waals surface area (Å²) in [4.78, 5) is 0. The van der Waals surface area contributed by atoms with Crippen LogP contribution in [0.4, 0.5) is 0 Å². The fourth-order valence-corrected chi connectivity index (χ4v) is 1.82. The molecule has 0 fully saturated rings. The molecule has 4 heteroatoms. The first-order valence-corrected chi connectivity index (χ1v) is 6.05. The van der Waals surface area contributed by atoms with Crippen LogP contribution in [0.5, 0.6) is 5.75 Å². The van der Waals surface area contributed by atoms with Crippen molar-refractivity contribution in [3.8, 4) is 5.75 Å². The molecule has 0 bridgehead atoms. The molecular weight excluding hydrogens is 255 g/mol. The van der Waals surface area contributed by atoms with Gasteiger partial charge in [0.15, 0.2) is 0 Å². The highest BCUT2D eigenvalue weighted by atomic mass is 79.9. The number of rotatable bonds is 5. The lowest BCUT2D eigenvalue weighted by Crippen LogP contribution is -2.28. The van der Waals surface area contributed by atoms with Gasteiger partial charge >= 0.3 is 6.92 Å². The van der Waals surface area contributed by atoms with E-state index in [0.29, 0.717) is 6.61 Å². The molecule has 0 aliphatic heterocycles. The third-order valence-corrected chi connectivity index (χ3v) is 2.82. The fraction of sp³-hybridized carbons (Fsp3) is 0.455. The van der Waals surface area contributed by atoms with Crippen LogP contribution < -0.4 is 10.2 Å². The summed E-state index contributed by atoms with van der Waals surface area (Å²) in [5.41, 5.74) is 0.834. The van der Waals surface area contributed by atoms with Crippen molar-refractivity contribution in [3.05, 3.63) is 22.7 Å². The Balaban J connectivity index is 2.82. The number of ether oxygens (including phenoxy) is 1. The van der Waals surface area contributed by atoms with Gasteiger partial charge in [0.1, 0.15) is 5.75 Å². The maximum atomic E-state index is 9.58. The number of benzene rings is 1. The molecule has 2 nitrogen and oxygen atoms in total. The predicted molar refractivity (Wildman–Crippen MR) is 68.0 cm³/mol. The summed E-state index contributed by atoms with van der Waals surface area (Å²) in [6.45, 7) is 4.06. The van der Waals surface area contributed by atoms with Crippen LogP contribution in [0.1, 0.15) is 19.8 Å². The average Bonchev–Trinajstić information content (AvgIpc) is 2.20. The molecule has 15 heavy (non-hydrogen) atoms. The predicted octanol–water partition coefficient (Wildman–Crippen LogP) is 2.45. The molecule has 0 aliphatic carbocycles. The summed E-state index contributed by atoms with van der Waals surface area (Å²) in [5.74, 6) is 0.765. The highest BCUT2D eigenvalue weighted by molar-refractivity contribution is 9.10. The van der Waals surface area contributed by atoms with Crippen molar-refractivity contribution in [1.82, 2.24) is 0 Å². The molecule has 0 atom stereocenters. The smallest absolute Gasteiger partial charge is 0.324 e. The van der Waals surface area contributed by atoms with Gasteiger partial charge in [-0.1, -0.05) is 32.3 Å². The molecule has 0 heterocycles. The van der Waals surface area contributed by atoms with E-state index in [1.54, 1.807) is 6.82 Å². The van der Waals surface area contributed by atoms with Crippen LogP contribution in [0.25, 0.3) is 0 Å². The Kier molecular flexibility index (Phi) is 5.19. The quantitative estimate of drug-likeness (QED) is 0.658. The summed E-state index contributed by atoms with van der Waals surface area (Å²) in [5, 5.41) is 9.58. The Labute approximate surface area is 99.9 Å². The topological polar surface area (TPSA) is 29.5 Å². The van der Waals surface area contributed by atoms with E-state index in [2.05, 4.69) is 22.9 Å². The molecule has 0 radical (unpaired) electrons. The Morgan fingerprint density at radius 1 is 1.47 bits per heavy atom. The SMILES string of the molecule is CCCCOc1c(Br)cccc1B(C)O. The molecule has 0 aromatic heterocycles. The molecular formula is C11H16BBrO2. The van der Waals surface area contributed by atoms with E-state index < -0.39 is 6.92 Å². The summed E-state index contributed by atoms with van der Waals surface area (Å²) in [7, 11) is 0. The third-order valence-electron chi connectivity index (χ3n) is 2.19. The van der Waals surface area contributed by atoms with E-state index in [1.165, 1.54) is 0 Å². The Bertz CT molecular complexity index is 315. The zero-order chi connectivity index (χ0) is 11.3. The lowest BCUT2D eigenvalue weighted by atomic mass is 9.64. The Hall–Kier alpha value is -0.475. The van der Waals surface area contributed by atoms with Gasteiger partial charge in [-0.25, -0.2) is 0 Å². The van der Waals surface area contributed by atoms with E-state index in [4.69, 9.17) is 4.74 Å². The van der Waals surface area contributed by atoms with Crippen molar-refractivity contribution < 1.29 is 9.76 Å². The van der Waals surface area contributed by atoms with Crippen molar-refractivity contribution in [2.24, 2.45) is 0 Å². The molecule has 0 unspecified atom stereocenters. The van der Waals surface area contributed by atoms with Gasteiger partial charge in [0.05, 0.1) is 11.1 Å². The first-order chi connectivity index (χ1) is 7.16. The highest BCUT2D eigenvalue weighted by Gasteiger charge is 2.15. The molecule has 0 spiro atoms. The van der Waals surface area contributed by atoms with Crippen molar-refractivity contribution >= 4 is 28.3 Å². The molecule has 1 aromatic carbocycles. The highest BCUT2D eigenvalue weighted by Crippen LogP contribution is 2.22. The summed E-state index contributed by atoms with van der Waals surface area (Å²) >= 11 is 3.43. The van der Waals surface area contributed by atoms with E-state index in [-0.39, 0.29) is 0 Å². The number of halogens is 1. The third kappa shape index (κ3) is 3.54. The van der Waals surface area contributed by atoms with Gasteiger partial charge in [0.25, 0.3) is 0 Å². The van der Waals surface area contributed by atoms with Crippen molar-refractivity contribution in [1.29, 1.82) is 0 Å². The van der Waals surface area contributed by atoms with E-state index in [0.717, 1.165) is 28.5 Å². The fourth-order valence-electron chi connectivity index (χ4n) is 1.33. The molecule has 82 valence electrons. The summed E-state index contributed by atoms with van der Waals surface area (Å²) in [6, 6.07) is 5.71. The van der Waals surface area contributed by atoms with Gasteiger partial charge in [0.2, 0.25) is 0 Å². The Morgan fingerprint density at radius 3 is 2.80 bits per heavy atom. The lowest BCUT2D eigenvalue weighted by Gasteiger charge is -2.13. The lowest BCUT2D eigenvalue weighted by molar-refractivity contribution is 0.309. The van der Waals surface area contributed by atoms with Crippen LogP contribution in [0.3, 0.4) is 0 Å². The standard InChI is InChI=1S/C11H16BBrO2/c1-3-4-8-15-11-9(12(2)14)6-5-7-10(11)13/h5-7,14H,3-4,8H2,1-2H3. The number of unbranched alkanes of at least 4 members (excludes halogenated alkanes) is 1. The first kappa shape index (κ1) is 12.6. The molecule has 0 aliphatic rings. The molecule has 0 saturated carbocycles. The summed E-state index contributed by atoms with van der Waals surface area (Å²) < 4.78 is 6.56. The maximum Gasteiger partial charge on any atom is 0.324 e. The van der Waals surface area contributed by atoms with Gasteiger partial charge < -0.3 is 9.76 Å². The van der Waals surface area contributed by atoms with Crippen molar-refractivity contribution in [2.75, 3.05) is 6.61 Å². The van der Waals surface area contributed by atoms with Crippen molar-refractivity contribution in [2.45, 2.75) is 26.6 Å². The van der Waals surface area contributed by atoms with Crippen LogP contribution in [-0.2, 0) is 0 Å².